The molecule has 0 aliphatic heterocycles. The highest BCUT2D eigenvalue weighted by Crippen LogP contribution is 2.23. The Labute approximate surface area is 126 Å². The van der Waals surface area contributed by atoms with Crippen molar-refractivity contribution in [3.8, 4) is 0 Å². The van der Waals surface area contributed by atoms with E-state index in [1.165, 1.54) is 12.8 Å². The molecular weight excluding hydrogens is 250 g/mol. The number of nitrogens with zero attached hydrogens (tertiary/aromatic N) is 2. The van der Waals surface area contributed by atoms with Gasteiger partial charge in [0.2, 0.25) is 0 Å². The summed E-state index contributed by atoms with van der Waals surface area (Å²) in [6, 6.07) is 0. The second-order valence-electron chi connectivity index (χ2n) is 6.04. The Morgan fingerprint density at radius 2 is 1.30 bits per heavy atom. The maximum absolute atomic E-state index is 3.37. The number of hydrogen-bond donors (Lipinski definition) is 3. The van der Waals surface area contributed by atoms with Crippen molar-refractivity contribution < 1.29 is 0 Å². The smallest absolute Gasteiger partial charge is 0.123 e. The highest BCUT2D eigenvalue weighted by molar-refractivity contribution is 4.98. The Kier molecular flexibility index (Phi) is 10.4. The van der Waals surface area contributed by atoms with Gasteiger partial charge in [0.1, 0.15) is 5.79 Å². The Bertz CT molecular complexity index is 218. The fourth-order valence-corrected chi connectivity index (χ4v) is 2.34. The number of rotatable bonds is 12. The number of nitrogens with one attached hydrogen (secondary N) is 3. The monoisotopic (exact) mass is 286 g/mol. The van der Waals surface area contributed by atoms with Crippen LogP contribution in [0.4, 0.5) is 0 Å². The molecule has 20 heavy (non-hydrogen) atoms. The zero-order valence-electron chi connectivity index (χ0n) is 14.6. The highest BCUT2D eigenvalue weighted by Gasteiger charge is 2.28. The van der Waals surface area contributed by atoms with Crippen molar-refractivity contribution in [1.29, 1.82) is 0 Å². The maximum Gasteiger partial charge on any atom is 0.123 e. The Balaban J connectivity index is 4.48. The van der Waals surface area contributed by atoms with Gasteiger partial charge in [0.25, 0.3) is 0 Å². The lowest BCUT2D eigenvalue weighted by Crippen LogP contribution is -2.63. The molecule has 0 heterocycles. The van der Waals surface area contributed by atoms with E-state index in [0.29, 0.717) is 0 Å². The Morgan fingerprint density at radius 3 is 1.70 bits per heavy atom. The zero-order valence-corrected chi connectivity index (χ0v) is 14.6. The Hall–Kier alpha value is -0.200. The highest BCUT2D eigenvalue weighted by atomic mass is 15.3. The lowest BCUT2D eigenvalue weighted by Gasteiger charge is -2.36. The minimum atomic E-state index is -0.195. The van der Waals surface area contributed by atoms with E-state index in [1.807, 2.05) is 21.1 Å². The summed E-state index contributed by atoms with van der Waals surface area (Å²) in [7, 11) is 14.5. The summed E-state index contributed by atoms with van der Waals surface area (Å²) in [5.74, 6) is 1.42. The molecule has 1 radical (unpaired) electrons. The third-order valence-corrected chi connectivity index (χ3v) is 3.84. The molecule has 5 heteroatoms. The van der Waals surface area contributed by atoms with Gasteiger partial charge in [-0.25, -0.2) is 0 Å². The van der Waals surface area contributed by atoms with E-state index in [2.05, 4.69) is 53.9 Å². The van der Waals surface area contributed by atoms with Crippen molar-refractivity contribution in [3.63, 3.8) is 0 Å². The van der Waals surface area contributed by atoms with Gasteiger partial charge in [0.15, 0.2) is 0 Å². The first-order valence-corrected chi connectivity index (χ1v) is 7.59. The molecule has 0 atom stereocenters. The molecule has 0 fully saturated rings. The SMILES string of the molecule is CNC(C[C](CCCN(C)C)CCN(C)C)(NC)NC. The second kappa shape index (κ2) is 10.5. The zero-order chi connectivity index (χ0) is 15.6. The summed E-state index contributed by atoms with van der Waals surface area (Å²) >= 11 is 0. The minimum absolute atomic E-state index is 0.195. The van der Waals surface area contributed by atoms with Crippen LogP contribution in [0.25, 0.3) is 0 Å². The number of hydrogen-bond acceptors (Lipinski definition) is 5. The first-order valence-electron chi connectivity index (χ1n) is 7.59. The van der Waals surface area contributed by atoms with Gasteiger partial charge < -0.3 is 9.80 Å². The molecule has 3 N–H and O–H groups in total. The minimum Gasteiger partial charge on any atom is -0.309 e. The van der Waals surface area contributed by atoms with Gasteiger partial charge in [-0.05, 0) is 94.0 Å². The van der Waals surface area contributed by atoms with Crippen LogP contribution in [0.5, 0.6) is 0 Å². The molecule has 0 rings (SSSR count). The first-order chi connectivity index (χ1) is 9.39. The second-order valence-corrected chi connectivity index (χ2v) is 6.04. The topological polar surface area (TPSA) is 42.6 Å². The van der Waals surface area contributed by atoms with Crippen LogP contribution in [-0.2, 0) is 0 Å². The normalized spacial score (nSPS) is 12.9. The van der Waals surface area contributed by atoms with Crippen LogP contribution in [0.1, 0.15) is 25.7 Å². The third-order valence-electron chi connectivity index (χ3n) is 3.84. The van der Waals surface area contributed by atoms with E-state index in [4.69, 9.17) is 0 Å². The van der Waals surface area contributed by atoms with E-state index >= 15 is 0 Å². The van der Waals surface area contributed by atoms with Gasteiger partial charge in [-0.15, -0.1) is 0 Å². The third kappa shape index (κ3) is 8.17. The molecular formula is C15H36N5. The molecule has 0 aromatic heterocycles. The molecule has 0 saturated carbocycles. The lowest BCUT2D eigenvalue weighted by molar-refractivity contribution is 0.222. The van der Waals surface area contributed by atoms with Gasteiger partial charge in [0.05, 0.1) is 0 Å². The van der Waals surface area contributed by atoms with E-state index in [-0.39, 0.29) is 5.79 Å². The van der Waals surface area contributed by atoms with Gasteiger partial charge in [0, 0.05) is 0 Å². The van der Waals surface area contributed by atoms with Crippen molar-refractivity contribution in [2.24, 2.45) is 0 Å². The van der Waals surface area contributed by atoms with Gasteiger partial charge in [-0.3, -0.25) is 16.0 Å². The summed E-state index contributed by atoms with van der Waals surface area (Å²) in [5, 5.41) is 10.1. The average molecular weight is 286 g/mol. The van der Waals surface area contributed by atoms with Crippen LogP contribution in [0, 0.1) is 5.92 Å². The largest absolute Gasteiger partial charge is 0.309 e. The predicted molar refractivity (Wildman–Crippen MR) is 88.7 cm³/mol. The van der Waals surface area contributed by atoms with Gasteiger partial charge in [-0.2, -0.15) is 0 Å². The summed E-state index contributed by atoms with van der Waals surface area (Å²) in [6.07, 6.45) is 4.59. The summed E-state index contributed by atoms with van der Waals surface area (Å²) in [6.45, 7) is 2.27. The maximum atomic E-state index is 3.37. The molecule has 0 amide bonds. The van der Waals surface area contributed by atoms with Crippen LogP contribution in [0.3, 0.4) is 0 Å². The quantitative estimate of drug-likeness (QED) is 0.457. The molecule has 0 bridgehead atoms. The van der Waals surface area contributed by atoms with Gasteiger partial charge in [-0.1, -0.05) is 0 Å². The van der Waals surface area contributed by atoms with Crippen LogP contribution < -0.4 is 16.0 Å². The molecule has 0 aromatic carbocycles. The van der Waals surface area contributed by atoms with Crippen molar-refractivity contribution in [1.82, 2.24) is 25.8 Å². The van der Waals surface area contributed by atoms with E-state index in [9.17, 15) is 0 Å². The molecule has 0 aliphatic carbocycles. The van der Waals surface area contributed by atoms with Crippen molar-refractivity contribution in [2.75, 3.05) is 62.4 Å². The predicted octanol–water partition coefficient (Wildman–Crippen LogP) is 0.556. The summed E-state index contributed by atoms with van der Waals surface area (Å²) in [4.78, 5) is 4.51. The lowest BCUT2D eigenvalue weighted by atomic mass is 9.91. The van der Waals surface area contributed by atoms with Crippen LogP contribution in [-0.4, -0.2) is 78.0 Å². The van der Waals surface area contributed by atoms with Crippen LogP contribution >= 0.6 is 0 Å². The molecule has 0 aromatic rings. The molecule has 0 aliphatic rings. The van der Waals surface area contributed by atoms with Crippen LogP contribution in [0.15, 0.2) is 0 Å². The first kappa shape index (κ1) is 19.8. The average Bonchev–Trinajstić information content (AvgIpc) is 2.41. The van der Waals surface area contributed by atoms with Crippen LogP contribution in [0.2, 0.25) is 0 Å². The van der Waals surface area contributed by atoms with Gasteiger partial charge >= 0.3 is 0 Å². The fourth-order valence-electron chi connectivity index (χ4n) is 2.34. The summed E-state index contributed by atoms with van der Waals surface area (Å²) in [5.41, 5.74) is 0. The summed E-state index contributed by atoms with van der Waals surface area (Å²) < 4.78 is 0. The molecule has 0 unspecified atom stereocenters. The molecule has 0 spiro atoms. The molecule has 121 valence electrons. The van der Waals surface area contributed by atoms with Crippen molar-refractivity contribution in [3.05, 3.63) is 5.92 Å². The van der Waals surface area contributed by atoms with Crippen molar-refractivity contribution in [2.45, 2.75) is 31.5 Å². The molecule has 5 nitrogen and oxygen atoms in total. The van der Waals surface area contributed by atoms with E-state index in [0.717, 1.165) is 25.9 Å². The Morgan fingerprint density at radius 1 is 0.800 bits per heavy atom. The van der Waals surface area contributed by atoms with Crippen molar-refractivity contribution >= 4 is 0 Å². The van der Waals surface area contributed by atoms with E-state index < -0.39 is 0 Å². The van der Waals surface area contributed by atoms with E-state index in [1.54, 1.807) is 5.92 Å². The fraction of sp³-hybridized carbons (Fsp3) is 0.933. The standard InChI is InChI=1S/C15H36N5/c1-16-15(17-2,18-3)13-14(10-12-20(6)7)9-8-11-19(4)5/h16-18H,8-13H2,1-7H3. The molecule has 0 saturated heterocycles.